The summed E-state index contributed by atoms with van der Waals surface area (Å²) >= 11 is 0. The first kappa shape index (κ1) is 11.4. The summed E-state index contributed by atoms with van der Waals surface area (Å²) in [6.45, 7) is 1.94. The van der Waals surface area contributed by atoms with Gasteiger partial charge in [-0.05, 0) is 18.6 Å². The van der Waals surface area contributed by atoms with E-state index < -0.39 is 5.76 Å². The van der Waals surface area contributed by atoms with Crippen LogP contribution in [0.3, 0.4) is 0 Å². The molecule has 0 bridgehead atoms. The Hall–Kier alpha value is -2.04. The maximum atomic E-state index is 11.4. The molecule has 1 amide bonds. The van der Waals surface area contributed by atoms with Crippen molar-refractivity contribution in [2.24, 2.45) is 7.05 Å². The van der Waals surface area contributed by atoms with Gasteiger partial charge >= 0.3 is 5.76 Å². The van der Waals surface area contributed by atoms with Crippen LogP contribution >= 0.6 is 0 Å². The van der Waals surface area contributed by atoms with Gasteiger partial charge in [-0.3, -0.25) is 9.36 Å². The summed E-state index contributed by atoms with van der Waals surface area (Å²) in [5, 5.41) is 2.75. The van der Waals surface area contributed by atoms with Crippen LogP contribution in [0.1, 0.15) is 19.8 Å². The Labute approximate surface area is 98.0 Å². The molecule has 0 radical (unpaired) electrons. The molecule has 0 saturated carbocycles. The second-order valence-corrected chi connectivity index (χ2v) is 3.91. The van der Waals surface area contributed by atoms with Crippen LogP contribution in [0, 0.1) is 0 Å². The third kappa shape index (κ3) is 2.22. The lowest BCUT2D eigenvalue weighted by molar-refractivity contribution is -0.116. The summed E-state index contributed by atoms with van der Waals surface area (Å²) in [7, 11) is 1.64. The van der Waals surface area contributed by atoms with Gasteiger partial charge in [0.1, 0.15) is 0 Å². The molecule has 1 aromatic carbocycles. The average Bonchev–Trinajstić information content (AvgIpc) is 2.55. The van der Waals surface area contributed by atoms with Gasteiger partial charge in [0, 0.05) is 25.2 Å². The lowest BCUT2D eigenvalue weighted by atomic mass is 10.2. The number of carbonyl (C=O) groups excluding carboxylic acids is 1. The summed E-state index contributed by atoms with van der Waals surface area (Å²) in [6.07, 6.45) is 1.28. The van der Waals surface area contributed by atoms with Crippen LogP contribution in [0.15, 0.2) is 27.4 Å². The van der Waals surface area contributed by atoms with Gasteiger partial charge in [-0.2, -0.15) is 0 Å². The third-order valence-corrected chi connectivity index (χ3v) is 2.55. The van der Waals surface area contributed by atoms with Crippen molar-refractivity contribution in [3.8, 4) is 0 Å². The van der Waals surface area contributed by atoms with Crippen molar-refractivity contribution in [3.63, 3.8) is 0 Å². The maximum absolute atomic E-state index is 11.4. The summed E-state index contributed by atoms with van der Waals surface area (Å²) in [5.74, 6) is -0.442. The van der Waals surface area contributed by atoms with Crippen LogP contribution in [0.2, 0.25) is 0 Å². The predicted octanol–water partition coefficient (Wildman–Crippen LogP) is 1.87. The van der Waals surface area contributed by atoms with E-state index in [0.29, 0.717) is 23.2 Å². The highest BCUT2D eigenvalue weighted by atomic mass is 16.4. The second kappa shape index (κ2) is 4.45. The highest BCUT2D eigenvalue weighted by Crippen LogP contribution is 2.17. The summed E-state index contributed by atoms with van der Waals surface area (Å²) in [4.78, 5) is 22.7. The first-order chi connectivity index (χ1) is 8.11. The molecule has 0 saturated heterocycles. The number of anilines is 1. The monoisotopic (exact) mass is 234 g/mol. The quantitative estimate of drug-likeness (QED) is 0.881. The minimum Gasteiger partial charge on any atom is -0.408 e. The molecule has 1 N–H and O–H groups in total. The van der Waals surface area contributed by atoms with Gasteiger partial charge in [-0.1, -0.05) is 6.92 Å². The van der Waals surface area contributed by atoms with Gasteiger partial charge in [-0.15, -0.1) is 0 Å². The van der Waals surface area contributed by atoms with Crippen molar-refractivity contribution in [1.82, 2.24) is 4.57 Å². The molecule has 2 aromatic rings. The van der Waals surface area contributed by atoms with Gasteiger partial charge in [0.15, 0.2) is 5.58 Å². The Kier molecular flexibility index (Phi) is 2.99. The Morgan fingerprint density at radius 1 is 1.47 bits per heavy atom. The van der Waals surface area contributed by atoms with Crippen LogP contribution in [-0.4, -0.2) is 10.5 Å². The number of hydrogen-bond acceptors (Lipinski definition) is 3. The van der Waals surface area contributed by atoms with Crippen LogP contribution in [0.5, 0.6) is 0 Å². The molecular weight excluding hydrogens is 220 g/mol. The highest BCUT2D eigenvalue weighted by molar-refractivity contribution is 5.92. The van der Waals surface area contributed by atoms with E-state index in [0.717, 1.165) is 6.42 Å². The third-order valence-electron chi connectivity index (χ3n) is 2.55. The largest absolute Gasteiger partial charge is 0.419 e. The zero-order valence-corrected chi connectivity index (χ0v) is 9.82. The number of benzene rings is 1. The lowest BCUT2D eigenvalue weighted by Crippen LogP contribution is -2.10. The smallest absolute Gasteiger partial charge is 0.408 e. The molecule has 0 aliphatic rings. The minimum atomic E-state index is -0.406. The second-order valence-electron chi connectivity index (χ2n) is 3.91. The molecule has 5 nitrogen and oxygen atoms in total. The molecule has 0 fully saturated rings. The van der Waals surface area contributed by atoms with Crippen molar-refractivity contribution in [1.29, 1.82) is 0 Å². The fraction of sp³-hybridized carbons (Fsp3) is 0.333. The number of rotatable bonds is 3. The number of nitrogens with zero attached hydrogens (tertiary/aromatic N) is 1. The normalized spacial score (nSPS) is 10.7. The molecular formula is C12H14N2O3. The zero-order valence-electron chi connectivity index (χ0n) is 9.82. The topological polar surface area (TPSA) is 64.2 Å². The minimum absolute atomic E-state index is 0.0369. The number of oxazole rings is 1. The van der Waals surface area contributed by atoms with Crippen molar-refractivity contribution in [2.45, 2.75) is 19.8 Å². The number of fused-ring (bicyclic) bond motifs is 1. The SMILES string of the molecule is CCCC(=O)Nc1ccc2c(c1)oc(=O)n2C. The number of aromatic nitrogens is 1. The Morgan fingerprint density at radius 3 is 2.94 bits per heavy atom. The van der Waals surface area contributed by atoms with E-state index >= 15 is 0 Å². The van der Waals surface area contributed by atoms with Gasteiger partial charge in [0.2, 0.25) is 5.91 Å². The standard InChI is InChI=1S/C12H14N2O3/c1-3-4-11(15)13-8-5-6-9-10(7-8)17-12(16)14(9)2/h5-7H,3-4H2,1-2H3,(H,13,15). The van der Waals surface area contributed by atoms with Gasteiger partial charge in [0.25, 0.3) is 0 Å². The van der Waals surface area contributed by atoms with E-state index in [1.807, 2.05) is 6.92 Å². The van der Waals surface area contributed by atoms with Gasteiger partial charge in [-0.25, -0.2) is 4.79 Å². The molecule has 1 aromatic heterocycles. The number of aryl methyl sites for hydroxylation is 1. The van der Waals surface area contributed by atoms with Crippen LogP contribution in [-0.2, 0) is 11.8 Å². The van der Waals surface area contributed by atoms with Crippen LogP contribution in [0.25, 0.3) is 11.1 Å². The van der Waals surface area contributed by atoms with Crippen molar-refractivity contribution < 1.29 is 9.21 Å². The fourth-order valence-corrected chi connectivity index (χ4v) is 1.66. The molecule has 0 spiro atoms. The van der Waals surface area contributed by atoms with Crippen molar-refractivity contribution in [3.05, 3.63) is 28.7 Å². The van der Waals surface area contributed by atoms with E-state index in [9.17, 15) is 9.59 Å². The van der Waals surface area contributed by atoms with Crippen molar-refractivity contribution in [2.75, 3.05) is 5.32 Å². The molecule has 0 unspecified atom stereocenters. The Bertz CT molecular complexity index is 610. The number of hydrogen-bond donors (Lipinski definition) is 1. The van der Waals surface area contributed by atoms with E-state index in [1.54, 1.807) is 25.2 Å². The molecule has 17 heavy (non-hydrogen) atoms. The summed E-state index contributed by atoms with van der Waals surface area (Å²) in [6, 6.07) is 5.16. The molecule has 90 valence electrons. The predicted molar refractivity (Wildman–Crippen MR) is 65.0 cm³/mol. The van der Waals surface area contributed by atoms with E-state index in [4.69, 9.17) is 4.42 Å². The maximum Gasteiger partial charge on any atom is 0.419 e. The van der Waals surface area contributed by atoms with Crippen LogP contribution in [0.4, 0.5) is 5.69 Å². The van der Waals surface area contributed by atoms with Gasteiger partial charge in [0.05, 0.1) is 5.52 Å². The Morgan fingerprint density at radius 2 is 2.24 bits per heavy atom. The lowest BCUT2D eigenvalue weighted by Gasteiger charge is -2.03. The molecule has 1 heterocycles. The molecule has 0 atom stereocenters. The molecule has 0 aliphatic heterocycles. The van der Waals surface area contributed by atoms with E-state index in [-0.39, 0.29) is 5.91 Å². The number of carbonyl (C=O) groups is 1. The van der Waals surface area contributed by atoms with Crippen molar-refractivity contribution >= 4 is 22.7 Å². The van der Waals surface area contributed by atoms with Crippen LogP contribution < -0.4 is 11.1 Å². The Balaban J connectivity index is 2.32. The number of amides is 1. The van der Waals surface area contributed by atoms with E-state index in [2.05, 4.69) is 5.32 Å². The zero-order chi connectivity index (χ0) is 12.4. The molecule has 5 heteroatoms. The molecule has 0 aliphatic carbocycles. The highest BCUT2D eigenvalue weighted by Gasteiger charge is 2.07. The number of nitrogens with one attached hydrogen (secondary N) is 1. The molecule has 2 rings (SSSR count). The average molecular weight is 234 g/mol. The first-order valence-corrected chi connectivity index (χ1v) is 5.51. The summed E-state index contributed by atoms with van der Waals surface area (Å²) in [5.41, 5.74) is 1.83. The first-order valence-electron chi connectivity index (χ1n) is 5.51. The van der Waals surface area contributed by atoms with Gasteiger partial charge < -0.3 is 9.73 Å². The summed E-state index contributed by atoms with van der Waals surface area (Å²) < 4.78 is 6.46. The fourth-order valence-electron chi connectivity index (χ4n) is 1.66. The van der Waals surface area contributed by atoms with E-state index in [1.165, 1.54) is 4.57 Å².